The number of ether oxygens (including phenoxy) is 1. The summed E-state index contributed by atoms with van der Waals surface area (Å²) in [6.07, 6.45) is 0. The van der Waals surface area contributed by atoms with E-state index in [0.717, 1.165) is 6.07 Å². The first-order valence-corrected chi connectivity index (χ1v) is 13.4. The molecule has 38 heavy (non-hydrogen) atoms. The second kappa shape index (κ2) is 10.1. The highest BCUT2D eigenvalue weighted by Crippen LogP contribution is 2.43. The van der Waals surface area contributed by atoms with Crippen molar-refractivity contribution >= 4 is 59.4 Å². The van der Waals surface area contributed by atoms with E-state index in [2.05, 4.69) is 20.5 Å². The molecule has 15 heteroatoms. The van der Waals surface area contributed by atoms with Crippen LogP contribution in [-0.4, -0.2) is 38.2 Å². The summed E-state index contributed by atoms with van der Waals surface area (Å²) >= 11 is 0. The Morgan fingerprint density at radius 3 is 2.05 bits per heavy atom. The van der Waals surface area contributed by atoms with Gasteiger partial charge < -0.3 is 15.6 Å². The van der Waals surface area contributed by atoms with Crippen LogP contribution >= 0.6 is 0 Å². The number of rotatable bonds is 7. The molecular formula is C23H19N5O8S2. The third-order valence-electron chi connectivity index (χ3n) is 5.19. The van der Waals surface area contributed by atoms with E-state index >= 15 is 0 Å². The average molecular weight is 558 g/mol. The average Bonchev–Trinajstić information content (AvgIpc) is 2.86. The van der Waals surface area contributed by atoms with Crippen molar-refractivity contribution in [3.8, 4) is 11.5 Å². The van der Waals surface area contributed by atoms with Crippen LogP contribution in [0.5, 0.6) is 11.5 Å². The normalized spacial score (nSPS) is 12.5. The molecule has 196 valence electrons. The van der Waals surface area contributed by atoms with E-state index in [9.17, 15) is 26.5 Å². The minimum atomic E-state index is -4.78. The number of nitrogens with zero attached hydrogens (tertiary/aromatic N) is 4. The Hall–Kier alpha value is -4.44. The van der Waals surface area contributed by atoms with Gasteiger partial charge in [-0.3, -0.25) is 9.11 Å². The van der Waals surface area contributed by atoms with Gasteiger partial charge in [0.15, 0.2) is 5.75 Å². The van der Waals surface area contributed by atoms with E-state index in [4.69, 9.17) is 15.0 Å². The van der Waals surface area contributed by atoms with Gasteiger partial charge in [0.1, 0.15) is 22.0 Å². The molecule has 5 N–H and O–H groups in total. The molecule has 0 fully saturated rings. The number of nitrogen functional groups attached to an aromatic ring is 1. The fourth-order valence-electron chi connectivity index (χ4n) is 3.37. The molecule has 0 aliphatic rings. The van der Waals surface area contributed by atoms with Gasteiger partial charge in [-0.15, -0.1) is 10.2 Å². The Morgan fingerprint density at radius 2 is 1.42 bits per heavy atom. The number of anilines is 1. The van der Waals surface area contributed by atoms with Gasteiger partial charge in [-0.1, -0.05) is 6.07 Å². The fourth-order valence-corrected chi connectivity index (χ4v) is 4.50. The number of methoxy groups -OCH3 is 1. The van der Waals surface area contributed by atoms with Gasteiger partial charge in [-0.05, 0) is 60.0 Å². The van der Waals surface area contributed by atoms with E-state index in [-0.39, 0.29) is 21.7 Å². The van der Waals surface area contributed by atoms with Crippen LogP contribution < -0.4 is 10.5 Å². The molecule has 0 aliphatic heterocycles. The lowest BCUT2D eigenvalue weighted by Gasteiger charge is -2.09. The minimum Gasteiger partial charge on any atom is -0.505 e. The molecule has 4 aromatic rings. The third-order valence-corrected chi connectivity index (χ3v) is 6.93. The molecule has 0 radical (unpaired) electrons. The zero-order chi connectivity index (χ0) is 27.7. The maximum atomic E-state index is 12.0. The fraction of sp³-hybridized carbons (Fsp3) is 0.0435. The molecule has 0 saturated heterocycles. The number of benzene rings is 4. The summed E-state index contributed by atoms with van der Waals surface area (Å²) in [5, 5.41) is 27.1. The van der Waals surface area contributed by atoms with E-state index in [1.54, 1.807) is 0 Å². The largest absolute Gasteiger partial charge is 0.505 e. The summed E-state index contributed by atoms with van der Waals surface area (Å²) in [5.41, 5.74) is 6.36. The van der Waals surface area contributed by atoms with Crippen molar-refractivity contribution in [1.29, 1.82) is 0 Å². The molecule has 4 rings (SSSR count). The van der Waals surface area contributed by atoms with Crippen LogP contribution in [0.25, 0.3) is 10.8 Å². The predicted octanol–water partition coefficient (Wildman–Crippen LogP) is 5.46. The zero-order valence-electron chi connectivity index (χ0n) is 19.4. The molecule has 13 nitrogen and oxygen atoms in total. The van der Waals surface area contributed by atoms with Crippen molar-refractivity contribution < 1.29 is 35.8 Å². The maximum absolute atomic E-state index is 12.0. The molecular weight excluding hydrogens is 538 g/mol. The molecule has 0 aliphatic carbocycles. The molecule has 0 unspecified atom stereocenters. The summed E-state index contributed by atoms with van der Waals surface area (Å²) in [7, 11) is -7.76. The number of aromatic hydroxyl groups is 1. The molecule has 0 atom stereocenters. The Balaban J connectivity index is 1.68. The third kappa shape index (κ3) is 5.76. The molecule has 0 heterocycles. The van der Waals surface area contributed by atoms with Gasteiger partial charge in [0.05, 0.1) is 23.4 Å². The van der Waals surface area contributed by atoms with E-state index in [1.165, 1.54) is 67.8 Å². The predicted molar refractivity (Wildman–Crippen MR) is 137 cm³/mol. The van der Waals surface area contributed by atoms with Gasteiger partial charge in [-0.2, -0.15) is 27.1 Å². The quantitative estimate of drug-likeness (QED) is 0.129. The highest BCUT2D eigenvalue weighted by atomic mass is 32.2. The minimum absolute atomic E-state index is 0.136. The van der Waals surface area contributed by atoms with Crippen LogP contribution in [0.15, 0.2) is 97.0 Å². The summed E-state index contributed by atoms with van der Waals surface area (Å²) in [4.78, 5) is -0.939. The van der Waals surface area contributed by atoms with Gasteiger partial charge in [-0.25, -0.2) is 0 Å². The molecule has 0 aromatic heterocycles. The number of hydrogen-bond donors (Lipinski definition) is 4. The van der Waals surface area contributed by atoms with Crippen molar-refractivity contribution in [3.63, 3.8) is 0 Å². The number of hydrogen-bond acceptors (Lipinski definition) is 11. The second-order valence-electron chi connectivity index (χ2n) is 7.75. The van der Waals surface area contributed by atoms with Crippen LogP contribution in [0.1, 0.15) is 0 Å². The maximum Gasteiger partial charge on any atom is 0.296 e. The van der Waals surface area contributed by atoms with Crippen molar-refractivity contribution in [2.24, 2.45) is 20.5 Å². The van der Waals surface area contributed by atoms with Gasteiger partial charge >= 0.3 is 0 Å². The van der Waals surface area contributed by atoms with Gasteiger partial charge in [0, 0.05) is 17.1 Å². The second-order valence-corrected chi connectivity index (χ2v) is 10.6. The lowest BCUT2D eigenvalue weighted by molar-refractivity contribution is 0.416. The van der Waals surface area contributed by atoms with E-state index < -0.39 is 36.6 Å². The van der Waals surface area contributed by atoms with Crippen molar-refractivity contribution in [2.45, 2.75) is 9.79 Å². The van der Waals surface area contributed by atoms with Crippen molar-refractivity contribution in [3.05, 3.63) is 66.7 Å². The van der Waals surface area contributed by atoms with Crippen molar-refractivity contribution in [2.75, 3.05) is 12.8 Å². The SMILES string of the molecule is COc1cc(N=Nc2ccc(S(=O)(=O)O)cc2)ccc1N=Nc1c(S(=O)(=O)O)cc2ccc(N)cc2c1O. The molecule has 4 aromatic carbocycles. The molecule has 0 bridgehead atoms. The van der Waals surface area contributed by atoms with Crippen LogP contribution in [0, 0.1) is 0 Å². The first-order chi connectivity index (χ1) is 17.9. The van der Waals surface area contributed by atoms with Gasteiger partial charge in [0.25, 0.3) is 20.2 Å². The smallest absolute Gasteiger partial charge is 0.296 e. The van der Waals surface area contributed by atoms with E-state index in [0.29, 0.717) is 22.4 Å². The molecule has 0 saturated carbocycles. The lowest BCUT2D eigenvalue weighted by Crippen LogP contribution is -1.99. The van der Waals surface area contributed by atoms with Gasteiger partial charge in [0.2, 0.25) is 0 Å². The summed E-state index contributed by atoms with van der Waals surface area (Å²) < 4.78 is 70.3. The number of nitrogens with two attached hydrogens (primary N) is 1. The number of azo groups is 2. The Kier molecular flexibility index (Phi) is 7.10. The highest BCUT2D eigenvalue weighted by Gasteiger charge is 2.22. The van der Waals surface area contributed by atoms with Crippen LogP contribution in [0.2, 0.25) is 0 Å². The monoisotopic (exact) mass is 557 g/mol. The lowest BCUT2D eigenvalue weighted by atomic mass is 10.1. The standard InChI is InChI=1S/C23H19N5O8S2/c1-36-20-12-16(26-25-15-4-7-17(8-5-15)37(30,31)32)6-9-19(20)27-28-22-21(38(33,34)35)10-13-2-3-14(24)11-18(13)23(22)29/h2-12,29H,24H2,1H3,(H,30,31,32)(H,33,34,35). The number of phenolic OH excluding ortho intramolecular Hbond substituents is 1. The first-order valence-electron chi connectivity index (χ1n) is 10.5. The Morgan fingerprint density at radius 1 is 0.763 bits per heavy atom. The number of phenols is 1. The summed E-state index contributed by atoms with van der Waals surface area (Å²) in [6.45, 7) is 0. The highest BCUT2D eigenvalue weighted by molar-refractivity contribution is 7.86. The first kappa shape index (κ1) is 26.6. The topological polar surface area (TPSA) is 214 Å². The van der Waals surface area contributed by atoms with Crippen LogP contribution in [0.3, 0.4) is 0 Å². The summed E-state index contributed by atoms with van der Waals surface area (Å²) in [5.74, 6) is -0.375. The molecule has 0 amide bonds. The molecule has 0 spiro atoms. The zero-order valence-corrected chi connectivity index (χ0v) is 21.0. The number of fused-ring (bicyclic) bond motifs is 1. The Labute approximate surface area is 216 Å². The van der Waals surface area contributed by atoms with E-state index in [1.807, 2.05) is 0 Å². The Bertz CT molecular complexity index is 1820. The summed E-state index contributed by atoms with van der Waals surface area (Å²) in [6, 6.07) is 15.0. The van der Waals surface area contributed by atoms with Crippen molar-refractivity contribution in [1.82, 2.24) is 0 Å². The van der Waals surface area contributed by atoms with Crippen LogP contribution in [-0.2, 0) is 20.2 Å². The van der Waals surface area contributed by atoms with Crippen LogP contribution in [0.4, 0.5) is 28.4 Å².